The van der Waals surface area contributed by atoms with Gasteiger partial charge in [-0.15, -0.1) is 0 Å². The first kappa shape index (κ1) is 12.2. The minimum absolute atomic E-state index is 0.196. The molecular formula is C11H15NO4. The van der Waals surface area contributed by atoms with E-state index in [4.69, 9.17) is 15.2 Å². The number of hydrogen-bond donors (Lipinski definition) is 1. The van der Waals surface area contributed by atoms with Crippen LogP contribution in [0.25, 0.3) is 0 Å². The van der Waals surface area contributed by atoms with Crippen LogP contribution in [-0.4, -0.2) is 27.3 Å². The highest BCUT2D eigenvalue weighted by atomic mass is 16.5. The summed E-state index contributed by atoms with van der Waals surface area (Å²) in [6, 6.07) is 1.71. The Hall–Kier alpha value is -1.91. The topological polar surface area (TPSA) is 70.8 Å². The first-order chi connectivity index (χ1) is 7.56. The second-order valence-corrected chi connectivity index (χ2v) is 3.21. The maximum Gasteiger partial charge on any atom is 0.343 e. The van der Waals surface area contributed by atoms with Gasteiger partial charge in [0, 0.05) is 0 Å². The van der Waals surface area contributed by atoms with Crippen molar-refractivity contribution >= 4 is 11.7 Å². The van der Waals surface area contributed by atoms with E-state index in [0.29, 0.717) is 11.4 Å². The van der Waals surface area contributed by atoms with E-state index >= 15 is 0 Å². The number of hydrogen-bond acceptors (Lipinski definition) is 5. The van der Waals surface area contributed by atoms with E-state index in [0.717, 1.165) is 5.56 Å². The largest absolute Gasteiger partial charge is 0.493 e. The lowest BCUT2D eigenvalue weighted by Gasteiger charge is -2.15. The predicted molar refractivity (Wildman–Crippen MR) is 60.0 cm³/mol. The molecule has 0 fully saturated rings. The Bertz CT molecular complexity index is 415. The van der Waals surface area contributed by atoms with Crippen LogP contribution in [0, 0.1) is 6.92 Å². The van der Waals surface area contributed by atoms with Gasteiger partial charge in [-0.1, -0.05) is 0 Å². The highest BCUT2D eigenvalue weighted by Gasteiger charge is 2.22. The minimum Gasteiger partial charge on any atom is -0.493 e. The lowest BCUT2D eigenvalue weighted by Crippen LogP contribution is -2.10. The summed E-state index contributed by atoms with van der Waals surface area (Å²) in [7, 11) is 4.23. The van der Waals surface area contributed by atoms with Gasteiger partial charge in [0.2, 0.25) is 0 Å². The van der Waals surface area contributed by atoms with Gasteiger partial charge in [-0.25, -0.2) is 4.79 Å². The molecule has 1 rings (SSSR count). The fourth-order valence-corrected chi connectivity index (χ4v) is 1.44. The van der Waals surface area contributed by atoms with Crippen molar-refractivity contribution in [3.8, 4) is 11.5 Å². The Kier molecular flexibility index (Phi) is 3.60. The molecule has 0 radical (unpaired) electrons. The molecule has 1 aromatic carbocycles. The third-order valence-corrected chi connectivity index (χ3v) is 2.31. The summed E-state index contributed by atoms with van der Waals surface area (Å²) >= 11 is 0. The van der Waals surface area contributed by atoms with E-state index in [1.807, 2.05) is 0 Å². The molecule has 0 unspecified atom stereocenters. The molecule has 5 nitrogen and oxygen atoms in total. The fourth-order valence-electron chi connectivity index (χ4n) is 1.44. The van der Waals surface area contributed by atoms with Crippen molar-refractivity contribution in [1.29, 1.82) is 0 Å². The van der Waals surface area contributed by atoms with Crippen molar-refractivity contribution in [3.63, 3.8) is 0 Å². The molecule has 16 heavy (non-hydrogen) atoms. The number of benzene rings is 1. The number of nitrogen functional groups attached to an aromatic ring is 1. The van der Waals surface area contributed by atoms with Gasteiger partial charge in [0.25, 0.3) is 0 Å². The molecule has 0 saturated heterocycles. The van der Waals surface area contributed by atoms with Crippen LogP contribution in [-0.2, 0) is 4.74 Å². The highest BCUT2D eigenvalue weighted by molar-refractivity contribution is 6.00. The molecule has 0 spiro atoms. The Morgan fingerprint density at radius 3 is 2.31 bits per heavy atom. The Morgan fingerprint density at radius 1 is 1.25 bits per heavy atom. The van der Waals surface area contributed by atoms with Crippen molar-refractivity contribution in [2.45, 2.75) is 6.92 Å². The van der Waals surface area contributed by atoms with Crippen LogP contribution < -0.4 is 15.2 Å². The van der Waals surface area contributed by atoms with E-state index in [-0.39, 0.29) is 11.3 Å². The van der Waals surface area contributed by atoms with Crippen LogP contribution in [0.15, 0.2) is 6.07 Å². The Balaban J connectivity index is 3.53. The highest BCUT2D eigenvalue weighted by Crippen LogP contribution is 2.37. The maximum absolute atomic E-state index is 11.6. The van der Waals surface area contributed by atoms with Gasteiger partial charge in [-0.05, 0) is 18.6 Å². The molecule has 0 aromatic heterocycles. The lowest BCUT2D eigenvalue weighted by molar-refractivity contribution is 0.0597. The molecule has 0 saturated carbocycles. The normalized spacial score (nSPS) is 9.75. The number of carbonyl (C=O) groups is 1. The molecule has 0 aliphatic heterocycles. The number of esters is 1. The molecule has 0 heterocycles. The molecule has 0 aliphatic rings. The van der Waals surface area contributed by atoms with E-state index in [1.54, 1.807) is 13.0 Å². The predicted octanol–water partition coefficient (Wildman–Crippen LogP) is 1.38. The molecule has 88 valence electrons. The van der Waals surface area contributed by atoms with Crippen LogP contribution in [0.3, 0.4) is 0 Å². The zero-order valence-electron chi connectivity index (χ0n) is 9.79. The average Bonchev–Trinajstić information content (AvgIpc) is 2.30. The molecule has 0 amide bonds. The van der Waals surface area contributed by atoms with Crippen LogP contribution in [0.2, 0.25) is 0 Å². The molecule has 0 bridgehead atoms. The summed E-state index contributed by atoms with van der Waals surface area (Å²) in [4.78, 5) is 11.6. The fraction of sp³-hybridized carbons (Fsp3) is 0.364. The number of ether oxygens (including phenoxy) is 3. The molecule has 5 heteroatoms. The quantitative estimate of drug-likeness (QED) is 0.621. The third kappa shape index (κ3) is 1.88. The first-order valence-electron chi connectivity index (χ1n) is 4.66. The zero-order valence-corrected chi connectivity index (χ0v) is 9.79. The lowest BCUT2D eigenvalue weighted by atomic mass is 10.1. The van der Waals surface area contributed by atoms with Gasteiger partial charge in [-0.3, -0.25) is 0 Å². The van der Waals surface area contributed by atoms with Crippen LogP contribution in [0.5, 0.6) is 11.5 Å². The van der Waals surface area contributed by atoms with Gasteiger partial charge >= 0.3 is 5.97 Å². The molecule has 2 N–H and O–H groups in total. The summed E-state index contributed by atoms with van der Waals surface area (Å²) in [6.45, 7) is 1.78. The van der Waals surface area contributed by atoms with E-state index in [9.17, 15) is 4.79 Å². The second kappa shape index (κ2) is 4.74. The molecule has 0 aliphatic carbocycles. The number of carbonyl (C=O) groups excluding carboxylic acids is 1. The SMILES string of the molecule is COC(=O)c1c(N)c(C)cc(OC)c1OC. The maximum atomic E-state index is 11.6. The summed E-state index contributed by atoms with van der Waals surface area (Å²) in [5, 5.41) is 0. The van der Waals surface area contributed by atoms with Crippen LogP contribution in [0.1, 0.15) is 15.9 Å². The van der Waals surface area contributed by atoms with Gasteiger partial charge in [0.15, 0.2) is 11.5 Å². The van der Waals surface area contributed by atoms with Gasteiger partial charge in [0.05, 0.1) is 27.0 Å². The van der Waals surface area contributed by atoms with Crippen molar-refractivity contribution in [3.05, 3.63) is 17.2 Å². The second-order valence-electron chi connectivity index (χ2n) is 3.21. The number of nitrogens with two attached hydrogens (primary N) is 1. The molecule has 1 aromatic rings. The van der Waals surface area contributed by atoms with Gasteiger partial charge in [-0.2, -0.15) is 0 Å². The summed E-state index contributed by atoms with van der Waals surface area (Å²) in [5.41, 5.74) is 7.09. The minimum atomic E-state index is -0.545. The summed E-state index contributed by atoms with van der Waals surface area (Å²) in [6.07, 6.45) is 0. The number of aryl methyl sites for hydroxylation is 1. The van der Waals surface area contributed by atoms with E-state index in [2.05, 4.69) is 4.74 Å². The monoisotopic (exact) mass is 225 g/mol. The summed E-state index contributed by atoms with van der Waals surface area (Å²) < 4.78 is 14.9. The number of methoxy groups -OCH3 is 3. The third-order valence-electron chi connectivity index (χ3n) is 2.31. The number of rotatable bonds is 3. The van der Waals surface area contributed by atoms with Crippen molar-refractivity contribution in [2.75, 3.05) is 27.1 Å². The standard InChI is InChI=1S/C11H15NO4/c1-6-5-7(14-2)10(15-3)8(9(6)12)11(13)16-4/h5H,12H2,1-4H3. The first-order valence-corrected chi connectivity index (χ1v) is 4.66. The number of anilines is 1. The molecular weight excluding hydrogens is 210 g/mol. The summed E-state index contributed by atoms with van der Waals surface area (Å²) in [5.74, 6) is 0.198. The van der Waals surface area contributed by atoms with E-state index < -0.39 is 5.97 Å². The Labute approximate surface area is 94.1 Å². The van der Waals surface area contributed by atoms with Gasteiger partial charge in [0.1, 0.15) is 5.56 Å². The zero-order chi connectivity index (χ0) is 12.3. The van der Waals surface area contributed by atoms with Crippen LogP contribution >= 0.6 is 0 Å². The van der Waals surface area contributed by atoms with Crippen LogP contribution in [0.4, 0.5) is 5.69 Å². The van der Waals surface area contributed by atoms with Crippen molar-refractivity contribution < 1.29 is 19.0 Å². The molecule has 0 atom stereocenters. The van der Waals surface area contributed by atoms with Crippen molar-refractivity contribution in [1.82, 2.24) is 0 Å². The Morgan fingerprint density at radius 2 is 1.88 bits per heavy atom. The smallest absolute Gasteiger partial charge is 0.343 e. The van der Waals surface area contributed by atoms with Gasteiger partial charge < -0.3 is 19.9 Å². The van der Waals surface area contributed by atoms with E-state index in [1.165, 1.54) is 21.3 Å². The average molecular weight is 225 g/mol. The van der Waals surface area contributed by atoms with Crippen molar-refractivity contribution in [2.24, 2.45) is 0 Å².